The maximum Gasteiger partial charge on any atom is 0.338 e. The van der Waals surface area contributed by atoms with Crippen molar-refractivity contribution in [2.75, 3.05) is 11.3 Å². The highest BCUT2D eigenvalue weighted by molar-refractivity contribution is 7.92. The second-order valence-corrected chi connectivity index (χ2v) is 7.64. The summed E-state index contributed by atoms with van der Waals surface area (Å²) in [6, 6.07) is 10.5. The van der Waals surface area contributed by atoms with Gasteiger partial charge in [-0.25, -0.2) is 18.0 Å². The topological polar surface area (TPSA) is 99.4 Å². The summed E-state index contributed by atoms with van der Waals surface area (Å²) < 4.78 is 35.7. The summed E-state index contributed by atoms with van der Waals surface area (Å²) in [6.07, 6.45) is 0. The number of sulfonamides is 1. The number of aromatic nitrogens is 2. The van der Waals surface area contributed by atoms with E-state index in [0.29, 0.717) is 11.0 Å². The second kappa shape index (κ2) is 6.92. The van der Waals surface area contributed by atoms with Gasteiger partial charge in [0.15, 0.2) is 0 Å². The van der Waals surface area contributed by atoms with Crippen LogP contribution in [0.15, 0.2) is 52.2 Å². The Labute approximate surface area is 156 Å². The van der Waals surface area contributed by atoms with Gasteiger partial charge in [0.05, 0.1) is 28.1 Å². The lowest BCUT2D eigenvalue weighted by molar-refractivity contribution is 0.0526. The van der Waals surface area contributed by atoms with Crippen LogP contribution in [0.25, 0.3) is 11.0 Å². The van der Waals surface area contributed by atoms with E-state index in [1.807, 2.05) is 0 Å². The van der Waals surface area contributed by atoms with E-state index in [2.05, 4.69) is 4.72 Å². The molecule has 142 valence electrons. The van der Waals surface area contributed by atoms with Crippen LogP contribution >= 0.6 is 0 Å². The first-order valence-electron chi connectivity index (χ1n) is 8.20. The molecule has 0 aliphatic carbocycles. The molecular formula is C18H19N3O5S. The van der Waals surface area contributed by atoms with Crippen molar-refractivity contribution in [1.82, 2.24) is 9.13 Å². The van der Waals surface area contributed by atoms with Gasteiger partial charge >= 0.3 is 11.7 Å². The molecule has 1 heterocycles. The largest absolute Gasteiger partial charge is 0.462 e. The normalized spacial score (nSPS) is 11.5. The second-order valence-electron chi connectivity index (χ2n) is 5.96. The van der Waals surface area contributed by atoms with Crippen molar-refractivity contribution in [2.45, 2.75) is 11.8 Å². The SMILES string of the molecule is CCOC(=O)c1cccc(NS(=O)(=O)c2ccc3c(c2)n(C)c(=O)n3C)c1. The summed E-state index contributed by atoms with van der Waals surface area (Å²) in [5.41, 5.74) is 1.38. The minimum Gasteiger partial charge on any atom is -0.462 e. The lowest BCUT2D eigenvalue weighted by Gasteiger charge is -2.10. The van der Waals surface area contributed by atoms with Gasteiger partial charge in [-0.2, -0.15) is 0 Å². The van der Waals surface area contributed by atoms with Gasteiger partial charge in [0.2, 0.25) is 0 Å². The van der Waals surface area contributed by atoms with E-state index in [4.69, 9.17) is 4.74 Å². The Morgan fingerprint density at radius 2 is 1.78 bits per heavy atom. The van der Waals surface area contributed by atoms with Gasteiger partial charge in [0.25, 0.3) is 10.0 Å². The van der Waals surface area contributed by atoms with Gasteiger partial charge in [-0.05, 0) is 43.3 Å². The first-order chi connectivity index (χ1) is 12.7. The number of esters is 1. The minimum absolute atomic E-state index is 0.0118. The van der Waals surface area contributed by atoms with E-state index in [-0.39, 0.29) is 28.4 Å². The molecule has 8 nitrogen and oxygen atoms in total. The Balaban J connectivity index is 1.97. The molecule has 0 saturated heterocycles. The van der Waals surface area contributed by atoms with E-state index in [1.165, 1.54) is 33.4 Å². The quantitative estimate of drug-likeness (QED) is 0.672. The van der Waals surface area contributed by atoms with Gasteiger partial charge in [-0.1, -0.05) is 6.07 Å². The average molecular weight is 389 g/mol. The molecule has 1 aromatic heterocycles. The number of anilines is 1. The Morgan fingerprint density at radius 1 is 1.07 bits per heavy atom. The van der Waals surface area contributed by atoms with Gasteiger partial charge in [0, 0.05) is 19.8 Å². The van der Waals surface area contributed by atoms with Gasteiger partial charge in [-0.15, -0.1) is 0 Å². The number of nitrogens with one attached hydrogen (secondary N) is 1. The molecular weight excluding hydrogens is 370 g/mol. The van der Waals surface area contributed by atoms with Gasteiger partial charge in [-0.3, -0.25) is 13.9 Å². The highest BCUT2D eigenvalue weighted by Gasteiger charge is 2.18. The van der Waals surface area contributed by atoms with Crippen LogP contribution in [0, 0.1) is 0 Å². The predicted molar refractivity (Wildman–Crippen MR) is 101 cm³/mol. The van der Waals surface area contributed by atoms with E-state index in [9.17, 15) is 18.0 Å². The number of aryl methyl sites for hydroxylation is 2. The smallest absolute Gasteiger partial charge is 0.338 e. The first-order valence-corrected chi connectivity index (χ1v) is 9.68. The number of nitrogens with zero attached hydrogens (tertiary/aromatic N) is 2. The van der Waals surface area contributed by atoms with E-state index in [1.54, 1.807) is 39.2 Å². The van der Waals surface area contributed by atoms with E-state index < -0.39 is 16.0 Å². The van der Waals surface area contributed by atoms with Crippen LogP contribution in [0.2, 0.25) is 0 Å². The Hall–Kier alpha value is -3.07. The van der Waals surface area contributed by atoms with Gasteiger partial charge < -0.3 is 4.74 Å². The van der Waals surface area contributed by atoms with Crippen LogP contribution in [0.3, 0.4) is 0 Å². The molecule has 2 aromatic carbocycles. The van der Waals surface area contributed by atoms with Crippen LogP contribution < -0.4 is 10.4 Å². The number of ether oxygens (including phenoxy) is 1. The molecule has 0 amide bonds. The summed E-state index contributed by atoms with van der Waals surface area (Å²) >= 11 is 0. The van der Waals surface area contributed by atoms with Crippen LogP contribution in [-0.2, 0) is 28.9 Å². The molecule has 1 N–H and O–H groups in total. The maximum absolute atomic E-state index is 12.7. The fourth-order valence-corrected chi connectivity index (χ4v) is 3.86. The van der Waals surface area contributed by atoms with Crippen molar-refractivity contribution in [2.24, 2.45) is 14.1 Å². The fourth-order valence-electron chi connectivity index (χ4n) is 2.79. The molecule has 0 atom stereocenters. The Bertz CT molecular complexity index is 1190. The predicted octanol–water partition coefficient (Wildman–Crippen LogP) is 1.85. The molecule has 0 saturated carbocycles. The van der Waals surface area contributed by atoms with Crippen molar-refractivity contribution in [1.29, 1.82) is 0 Å². The highest BCUT2D eigenvalue weighted by atomic mass is 32.2. The monoisotopic (exact) mass is 389 g/mol. The molecule has 0 aliphatic rings. The van der Waals surface area contributed by atoms with Crippen LogP contribution in [0.1, 0.15) is 17.3 Å². The zero-order chi connectivity index (χ0) is 19.8. The molecule has 0 unspecified atom stereocenters. The maximum atomic E-state index is 12.7. The number of rotatable bonds is 5. The molecule has 0 bridgehead atoms. The summed E-state index contributed by atoms with van der Waals surface area (Å²) in [7, 11) is -0.703. The van der Waals surface area contributed by atoms with E-state index >= 15 is 0 Å². The van der Waals surface area contributed by atoms with Crippen molar-refractivity contribution in [3.8, 4) is 0 Å². The lowest BCUT2D eigenvalue weighted by atomic mass is 10.2. The number of hydrogen-bond acceptors (Lipinski definition) is 5. The minimum atomic E-state index is -3.91. The van der Waals surface area contributed by atoms with Crippen molar-refractivity contribution in [3.05, 3.63) is 58.5 Å². The Morgan fingerprint density at radius 3 is 2.48 bits per heavy atom. The van der Waals surface area contributed by atoms with Crippen molar-refractivity contribution >= 4 is 32.7 Å². The zero-order valence-electron chi connectivity index (χ0n) is 15.1. The molecule has 0 spiro atoms. The summed E-state index contributed by atoms with van der Waals surface area (Å²) in [4.78, 5) is 23.8. The Kier molecular flexibility index (Phi) is 4.79. The molecule has 3 aromatic rings. The first kappa shape index (κ1) is 18.7. The van der Waals surface area contributed by atoms with Crippen molar-refractivity contribution < 1.29 is 17.9 Å². The van der Waals surface area contributed by atoms with Gasteiger partial charge in [0.1, 0.15) is 0 Å². The number of fused-ring (bicyclic) bond motifs is 1. The molecule has 9 heteroatoms. The third kappa shape index (κ3) is 3.45. The molecule has 0 radical (unpaired) electrons. The summed E-state index contributed by atoms with van der Waals surface area (Å²) in [5, 5.41) is 0. The number of hydrogen-bond donors (Lipinski definition) is 1. The fraction of sp³-hybridized carbons (Fsp3) is 0.222. The standard InChI is InChI=1S/C18H19N3O5S/c1-4-26-17(22)12-6-5-7-13(10-12)19-27(24,25)14-8-9-15-16(11-14)21(3)18(23)20(15)2/h5-11,19H,4H2,1-3H3. The number of benzene rings is 2. The molecule has 0 fully saturated rings. The molecule has 3 rings (SSSR count). The molecule has 27 heavy (non-hydrogen) atoms. The van der Waals surface area contributed by atoms with Crippen LogP contribution in [-0.4, -0.2) is 30.1 Å². The number of carbonyl (C=O) groups is 1. The summed E-state index contributed by atoms with van der Waals surface area (Å²) in [5.74, 6) is -0.528. The van der Waals surface area contributed by atoms with Crippen LogP contribution in [0.4, 0.5) is 5.69 Å². The zero-order valence-corrected chi connectivity index (χ0v) is 15.9. The number of imidazole rings is 1. The van der Waals surface area contributed by atoms with Crippen LogP contribution in [0.5, 0.6) is 0 Å². The van der Waals surface area contributed by atoms with Crippen molar-refractivity contribution in [3.63, 3.8) is 0 Å². The highest BCUT2D eigenvalue weighted by Crippen LogP contribution is 2.21. The third-order valence-electron chi connectivity index (χ3n) is 4.18. The molecule has 0 aliphatic heterocycles. The lowest BCUT2D eigenvalue weighted by Crippen LogP contribution is -2.19. The third-order valence-corrected chi connectivity index (χ3v) is 5.56. The number of carbonyl (C=O) groups excluding carboxylic acids is 1. The summed E-state index contributed by atoms with van der Waals surface area (Å²) in [6.45, 7) is 1.92. The van der Waals surface area contributed by atoms with E-state index in [0.717, 1.165) is 0 Å². The average Bonchev–Trinajstić information content (AvgIpc) is 2.86.